The molecule has 0 bridgehead atoms. The molecule has 1 aliphatic rings. The Bertz CT molecular complexity index is 1450. The van der Waals surface area contributed by atoms with Gasteiger partial charge in [-0.2, -0.15) is 0 Å². The van der Waals surface area contributed by atoms with Gasteiger partial charge in [-0.1, -0.05) is 51.5 Å². The van der Waals surface area contributed by atoms with E-state index in [1.165, 1.54) is 18.2 Å². The summed E-state index contributed by atoms with van der Waals surface area (Å²) in [6.45, 7) is 6.07. The summed E-state index contributed by atoms with van der Waals surface area (Å²) in [5, 5.41) is 9.43. The smallest absolute Gasteiger partial charge is 0.335 e. The molecule has 4 rings (SSSR count). The summed E-state index contributed by atoms with van der Waals surface area (Å²) in [6.07, 6.45) is 1.56. The monoisotopic (exact) mass is 537 g/mol. The largest absolute Gasteiger partial charge is 0.478 e. The Balaban J connectivity index is 1.69. The van der Waals surface area contributed by atoms with E-state index in [2.05, 4.69) is 4.72 Å². The predicted octanol–water partition coefficient (Wildman–Crippen LogP) is 5.02. The first-order valence-electron chi connectivity index (χ1n) is 12.5. The quantitative estimate of drug-likeness (QED) is 0.373. The predicted molar refractivity (Wildman–Crippen MR) is 142 cm³/mol. The lowest BCUT2D eigenvalue weighted by molar-refractivity contribution is -0.120. The molecule has 1 heterocycles. The molecule has 0 saturated carbocycles. The van der Waals surface area contributed by atoms with Crippen molar-refractivity contribution >= 4 is 21.9 Å². The van der Waals surface area contributed by atoms with Gasteiger partial charge in [-0.3, -0.25) is 4.79 Å². The molecule has 0 aliphatic carbocycles. The van der Waals surface area contributed by atoms with Crippen LogP contribution in [0.4, 0.5) is 0 Å². The zero-order valence-corrected chi connectivity index (χ0v) is 22.4. The van der Waals surface area contributed by atoms with Crippen molar-refractivity contribution in [2.75, 3.05) is 6.79 Å². The van der Waals surface area contributed by atoms with E-state index in [1.54, 1.807) is 42.5 Å². The van der Waals surface area contributed by atoms with Crippen molar-refractivity contribution in [1.82, 2.24) is 4.72 Å². The summed E-state index contributed by atoms with van der Waals surface area (Å²) >= 11 is 0. The maximum absolute atomic E-state index is 13.6. The SMILES string of the molecule is CCCc1cc(C(=O)O)ccc1CC(C(=O)NS(=O)(=O)c1ccc(C(C)C)cc1)c1ccc2c(c1)OCO2. The number of carboxylic acids is 1. The van der Waals surface area contributed by atoms with Crippen LogP contribution in [-0.2, 0) is 27.7 Å². The second-order valence-corrected chi connectivity index (χ2v) is 11.3. The van der Waals surface area contributed by atoms with Crippen LogP contribution >= 0.6 is 0 Å². The average molecular weight is 538 g/mol. The minimum absolute atomic E-state index is 0.00262. The normalized spacial score (nSPS) is 13.4. The molecule has 0 fully saturated rings. The molecule has 8 nitrogen and oxygen atoms in total. The Kier molecular flexibility index (Phi) is 8.06. The van der Waals surface area contributed by atoms with E-state index in [0.29, 0.717) is 23.5 Å². The number of fused-ring (bicyclic) bond motifs is 1. The Morgan fingerprint density at radius 1 is 0.921 bits per heavy atom. The van der Waals surface area contributed by atoms with Crippen LogP contribution < -0.4 is 14.2 Å². The van der Waals surface area contributed by atoms with Gasteiger partial charge in [0.1, 0.15) is 0 Å². The second kappa shape index (κ2) is 11.3. The molecule has 0 radical (unpaired) electrons. The first-order chi connectivity index (χ1) is 18.1. The Labute approximate surface area is 222 Å². The van der Waals surface area contributed by atoms with Gasteiger partial charge in [0.15, 0.2) is 11.5 Å². The van der Waals surface area contributed by atoms with Gasteiger partial charge in [-0.15, -0.1) is 0 Å². The van der Waals surface area contributed by atoms with Crippen LogP contribution in [0.1, 0.15) is 71.6 Å². The molecule has 1 aliphatic heterocycles. The maximum Gasteiger partial charge on any atom is 0.335 e. The molecular formula is C29H31NO7S. The number of rotatable bonds is 10. The number of carbonyl (C=O) groups is 2. The molecule has 0 spiro atoms. The summed E-state index contributed by atoms with van der Waals surface area (Å²) in [6, 6.07) is 16.4. The number of ether oxygens (including phenoxy) is 2. The van der Waals surface area contributed by atoms with E-state index in [-0.39, 0.29) is 29.6 Å². The van der Waals surface area contributed by atoms with Crippen molar-refractivity contribution in [1.29, 1.82) is 0 Å². The van der Waals surface area contributed by atoms with Crippen LogP contribution in [-0.4, -0.2) is 32.2 Å². The lowest BCUT2D eigenvalue weighted by Gasteiger charge is -2.20. The molecular weight excluding hydrogens is 506 g/mol. The van der Waals surface area contributed by atoms with Crippen molar-refractivity contribution < 1.29 is 32.6 Å². The van der Waals surface area contributed by atoms with Crippen LogP contribution in [0, 0.1) is 0 Å². The molecule has 3 aromatic carbocycles. The van der Waals surface area contributed by atoms with Gasteiger partial charge >= 0.3 is 5.97 Å². The van der Waals surface area contributed by atoms with Gasteiger partial charge in [-0.05, 0) is 77.4 Å². The number of amides is 1. The Morgan fingerprint density at radius 3 is 2.26 bits per heavy atom. The molecule has 9 heteroatoms. The number of aryl methyl sites for hydroxylation is 1. The molecule has 3 aromatic rings. The fourth-order valence-electron chi connectivity index (χ4n) is 4.47. The number of benzene rings is 3. The summed E-state index contributed by atoms with van der Waals surface area (Å²) < 4.78 is 39.4. The van der Waals surface area contributed by atoms with E-state index >= 15 is 0 Å². The molecule has 38 heavy (non-hydrogen) atoms. The number of nitrogens with one attached hydrogen (secondary N) is 1. The van der Waals surface area contributed by atoms with E-state index in [9.17, 15) is 23.1 Å². The topological polar surface area (TPSA) is 119 Å². The number of carbonyl (C=O) groups excluding carboxylic acids is 1. The Morgan fingerprint density at radius 2 is 1.61 bits per heavy atom. The highest BCUT2D eigenvalue weighted by Gasteiger charge is 2.29. The standard InChI is InChI=1S/C29H31NO7S/c1-4-5-20-14-23(29(32)33)7-6-21(20)15-25(22-10-13-26-27(16-22)37-17-36-26)28(31)30-38(34,35)24-11-8-19(9-12-24)18(2)3/h6-14,16,18,25H,4-5,15,17H2,1-3H3,(H,30,31)(H,32,33). The van der Waals surface area contributed by atoms with Gasteiger partial charge in [0.25, 0.3) is 10.0 Å². The fourth-order valence-corrected chi connectivity index (χ4v) is 5.49. The first-order valence-corrected chi connectivity index (χ1v) is 14.0. The summed E-state index contributed by atoms with van der Waals surface area (Å²) in [4.78, 5) is 25.1. The number of hydrogen-bond acceptors (Lipinski definition) is 6. The van der Waals surface area contributed by atoms with Crippen molar-refractivity contribution in [3.05, 3.63) is 88.5 Å². The Hall–Kier alpha value is -3.85. The van der Waals surface area contributed by atoms with Crippen LogP contribution in [0.15, 0.2) is 65.6 Å². The van der Waals surface area contributed by atoms with Gasteiger partial charge in [0, 0.05) is 0 Å². The second-order valence-electron chi connectivity index (χ2n) is 9.60. The number of sulfonamides is 1. The zero-order valence-electron chi connectivity index (χ0n) is 21.6. The van der Waals surface area contributed by atoms with Crippen LogP contribution in [0.25, 0.3) is 0 Å². The summed E-state index contributed by atoms with van der Waals surface area (Å²) in [5.74, 6) is -1.36. The number of hydrogen-bond donors (Lipinski definition) is 2. The molecule has 1 amide bonds. The maximum atomic E-state index is 13.6. The van der Waals surface area contributed by atoms with Crippen molar-refractivity contribution in [3.8, 4) is 11.5 Å². The van der Waals surface area contributed by atoms with Gasteiger partial charge in [0.2, 0.25) is 12.7 Å². The van der Waals surface area contributed by atoms with Crippen LogP contribution in [0.5, 0.6) is 11.5 Å². The minimum Gasteiger partial charge on any atom is -0.478 e. The first kappa shape index (κ1) is 27.2. The van der Waals surface area contributed by atoms with Crippen LogP contribution in [0.3, 0.4) is 0 Å². The van der Waals surface area contributed by atoms with Gasteiger partial charge in [0.05, 0.1) is 16.4 Å². The molecule has 0 saturated heterocycles. The molecule has 0 aromatic heterocycles. The summed E-state index contributed by atoms with van der Waals surface area (Å²) in [5.41, 5.74) is 3.28. The van der Waals surface area contributed by atoms with Gasteiger partial charge < -0.3 is 14.6 Å². The molecule has 200 valence electrons. The third-order valence-corrected chi connectivity index (χ3v) is 7.97. The highest BCUT2D eigenvalue weighted by molar-refractivity contribution is 7.90. The van der Waals surface area contributed by atoms with Crippen LogP contribution in [0.2, 0.25) is 0 Å². The number of carboxylic acid groups (broad SMARTS) is 1. The van der Waals surface area contributed by atoms with Gasteiger partial charge in [-0.25, -0.2) is 17.9 Å². The fraction of sp³-hybridized carbons (Fsp3) is 0.310. The molecule has 2 N–H and O–H groups in total. The molecule has 1 unspecified atom stereocenters. The zero-order chi connectivity index (χ0) is 27.4. The summed E-state index contributed by atoms with van der Waals surface area (Å²) in [7, 11) is -4.13. The highest BCUT2D eigenvalue weighted by atomic mass is 32.2. The third-order valence-electron chi connectivity index (χ3n) is 6.60. The van der Waals surface area contributed by atoms with Crippen molar-refractivity contribution in [2.24, 2.45) is 0 Å². The van der Waals surface area contributed by atoms with Crippen molar-refractivity contribution in [3.63, 3.8) is 0 Å². The lowest BCUT2D eigenvalue weighted by Crippen LogP contribution is -2.35. The third kappa shape index (κ3) is 5.99. The highest BCUT2D eigenvalue weighted by Crippen LogP contribution is 2.36. The van der Waals surface area contributed by atoms with E-state index in [1.807, 2.05) is 20.8 Å². The van der Waals surface area contributed by atoms with E-state index in [4.69, 9.17) is 9.47 Å². The average Bonchev–Trinajstić information content (AvgIpc) is 3.35. The molecule has 1 atom stereocenters. The number of aromatic carboxylic acids is 1. The van der Waals surface area contributed by atoms with E-state index in [0.717, 1.165) is 23.1 Å². The lowest BCUT2D eigenvalue weighted by atomic mass is 9.87. The minimum atomic E-state index is -4.13. The van der Waals surface area contributed by atoms with E-state index < -0.39 is 27.8 Å². The van der Waals surface area contributed by atoms with Crippen molar-refractivity contribution in [2.45, 2.75) is 56.8 Å².